The molecule has 100 valence electrons. The number of nitrogens with one attached hydrogen (secondary N) is 1. The highest BCUT2D eigenvalue weighted by molar-refractivity contribution is 5.95. The summed E-state index contributed by atoms with van der Waals surface area (Å²) in [5.74, 6) is -0.727. The predicted octanol–water partition coefficient (Wildman–Crippen LogP) is -1.73. The molecule has 3 amide bonds. The van der Waals surface area contributed by atoms with Crippen molar-refractivity contribution in [3.63, 3.8) is 0 Å². The molecular weight excluding hydrogens is 238 g/mol. The number of rotatable bonds is 2. The zero-order valence-electron chi connectivity index (χ0n) is 10.5. The molecule has 2 heterocycles. The average molecular weight is 255 g/mol. The lowest BCUT2D eigenvalue weighted by Crippen LogP contribution is -2.56. The van der Waals surface area contributed by atoms with Gasteiger partial charge in [-0.2, -0.15) is 0 Å². The molecule has 0 spiro atoms. The Morgan fingerprint density at radius 3 is 2.56 bits per heavy atom. The Hall–Kier alpha value is -1.63. The van der Waals surface area contributed by atoms with E-state index in [1.165, 1.54) is 9.80 Å². The van der Waals surface area contributed by atoms with Crippen molar-refractivity contribution in [3.05, 3.63) is 0 Å². The van der Waals surface area contributed by atoms with Gasteiger partial charge >= 0.3 is 0 Å². The van der Waals surface area contributed by atoms with E-state index in [9.17, 15) is 19.5 Å². The van der Waals surface area contributed by atoms with Gasteiger partial charge in [0.15, 0.2) is 0 Å². The molecule has 2 fully saturated rings. The summed E-state index contributed by atoms with van der Waals surface area (Å²) in [6.07, 6.45) is -0.670. The standard InChI is InChI=1S/C11H17N3O4/c1-11(2,14-4-7(15)3-9(14)17)10(18)13-5-8(16)12-6-13/h7,15H,3-6H2,1-2H3,(H,12,16). The fraction of sp³-hybridized carbons (Fsp3) is 0.727. The summed E-state index contributed by atoms with van der Waals surface area (Å²) in [7, 11) is 0. The molecule has 2 N–H and O–H groups in total. The van der Waals surface area contributed by atoms with Gasteiger partial charge in [-0.25, -0.2) is 0 Å². The van der Waals surface area contributed by atoms with E-state index >= 15 is 0 Å². The molecule has 2 aliphatic rings. The van der Waals surface area contributed by atoms with Crippen LogP contribution in [0, 0.1) is 0 Å². The molecule has 2 saturated heterocycles. The number of aliphatic hydroxyl groups excluding tert-OH is 1. The minimum atomic E-state index is -1.04. The Balaban J connectivity index is 2.12. The number of hydrogen-bond donors (Lipinski definition) is 2. The molecule has 2 rings (SSSR count). The highest BCUT2D eigenvalue weighted by Crippen LogP contribution is 2.24. The largest absolute Gasteiger partial charge is 0.391 e. The zero-order chi connectivity index (χ0) is 13.5. The van der Waals surface area contributed by atoms with Crippen molar-refractivity contribution in [2.75, 3.05) is 19.8 Å². The van der Waals surface area contributed by atoms with E-state index < -0.39 is 11.6 Å². The highest BCUT2D eigenvalue weighted by Gasteiger charge is 2.45. The van der Waals surface area contributed by atoms with Gasteiger partial charge in [0.05, 0.1) is 19.2 Å². The average Bonchev–Trinajstić information content (AvgIpc) is 2.84. The van der Waals surface area contributed by atoms with Crippen LogP contribution in [-0.4, -0.2) is 64.0 Å². The van der Waals surface area contributed by atoms with Crippen molar-refractivity contribution < 1.29 is 19.5 Å². The van der Waals surface area contributed by atoms with Gasteiger partial charge in [-0.1, -0.05) is 0 Å². The summed E-state index contributed by atoms with van der Waals surface area (Å²) in [6, 6.07) is 0. The van der Waals surface area contributed by atoms with Gasteiger partial charge in [-0.15, -0.1) is 0 Å². The first-order valence-corrected chi connectivity index (χ1v) is 5.87. The van der Waals surface area contributed by atoms with Gasteiger partial charge in [0.1, 0.15) is 12.1 Å². The molecule has 7 heteroatoms. The highest BCUT2D eigenvalue weighted by atomic mass is 16.3. The van der Waals surface area contributed by atoms with Crippen LogP contribution in [0.5, 0.6) is 0 Å². The molecule has 0 aliphatic carbocycles. The van der Waals surface area contributed by atoms with E-state index in [2.05, 4.69) is 5.32 Å². The topological polar surface area (TPSA) is 90.0 Å². The fourth-order valence-electron chi connectivity index (χ4n) is 2.34. The molecule has 0 aromatic rings. The van der Waals surface area contributed by atoms with Crippen LogP contribution in [0.1, 0.15) is 20.3 Å². The lowest BCUT2D eigenvalue weighted by Gasteiger charge is -2.36. The second kappa shape index (κ2) is 4.24. The first-order valence-electron chi connectivity index (χ1n) is 5.87. The normalized spacial score (nSPS) is 24.7. The molecule has 1 atom stereocenters. The Kier molecular flexibility index (Phi) is 3.02. The maximum atomic E-state index is 12.3. The predicted molar refractivity (Wildman–Crippen MR) is 61.1 cm³/mol. The Morgan fingerprint density at radius 2 is 2.11 bits per heavy atom. The van der Waals surface area contributed by atoms with Crippen LogP contribution in [0.4, 0.5) is 0 Å². The summed E-state index contributed by atoms with van der Waals surface area (Å²) in [5.41, 5.74) is -1.04. The van der Waals surface area contributed by atoms with E-state index in [0.29, 0.717) is 0 Å². The molecule has 0 bridgehead atoms. The van der Waals surface area contributed by atoms with Crippen molar-refractivity contribution in [1.29, 1.82) is 0 Å². The Morgan fingerprint density at radius 1 is 1.44 bits per heavy atom. The molecule has 0 saturated carbocycles. The number of β-amino-alcohol motifs (C(OH)–C–C–N with tert-alkyl or cyclic N) is 1. The molecule has 2 aliphatic heterocycles. The van der Waals surface area contributed by atoms with Crippen LogP contribution in [0.2, 0.25) is 0 Å². The number of carbonyl (C=O) groups is 3. The monoisotopic (exact) mass is 255 g/mol. The van der Waals surface area contributed by atoms with Crippen molar-refractivity contribution in [2.24, 2.45) is 0 Å². The number of amides is 3. The van der Waals surface area contributed by atoms with Crippen LogP contribution in [-0.2, 0) is 14.4 Å². The van der Waals surface area contributed by atoms with Crippen molar-refractivity contribution in [2.45, 2.75) is 31.9 Å². The quantitative estimate of drug-likeness (QED) is 0.614. The fourth-order valence-corrected chi connectivity index (χ4v) is 2.34. The van der Waals surface area contributed by atoms with Gasteiger partial charge in [0.2, 0.25) is 17.7 Å². The Bertz CT molecular complexity index is 407. The maximum absolute atomic E-state index is 12.3. The lowest BCUT2D eigenvalue weighted by molar-refractivity contribution is -0.149. The first-order chi connectivity index (χ1) is 8.32. The number of aliphatic hydroxyl groups is 1. The van der Waals surface area contributed by atoms with Crippen LogP contribution < -0.4 is 5.32 Å². The van der Waals surface area contributed by atoms with E-state index in [-0.39, 0.29) is 43.9 Å². The van der Waals surface area contributed by atoms with E-state index in [1.54, 1.807) is 13.8 Å². The summed E-state index contributed by atoms with van der Waals surface area (Å²) in [6.45, 7) is 3.62. The molecule has 0 radical (unpaired) electrons. The third kappa shape index (κ3) is 2.05. The van der Waals surface area contributed by atoms with Crippen LogP contribution in [0.25, 0.3) is 0 Å². The molecule has 0 aromatic heterocycles. The summed E-state index contributed by atoms with van der Waals surface area (Å²) < 4.78 is 0. The summed E-state index contributed by atoms with van der Waals surface area (Å²) >= 11 is 0. The third-order valence-corrected chi connectivity index (χ3v) is 3.39. The van der Waals surface area contributed by atoms with Gasteiger partial charge < -0.3 is 20.2 Å². The van der Waals surface area contributed by atoms with Crippen LogP contribution in [0.3, 0.4) is 0 Å². The van der Waals surface area contributed by atoms with E-state index in [1.807, 2.05) is 0 Å². The molecule has 0 aromatic carbocycles. The minimum absolute atomic E-state index is 0.0207. The van der Waals surface area contributed by atoms with Crippen molar-refractivity contribution >= 4 is 17.7 Å². The smallest absolute Gasteiger partial charge is 0.249 e. The van der Waals surface area contributed by atoms with Gasteiger partial charge in [0, 0.05) is 6.54 Å². The van der Waals surface area contributed by atoms with Crippen molar-refractivity contribution in [1.82, 2.24) is 15.1 Å². The second-order valence-electron chi connectivity index (χ2n) is 5.18. The van der Waals surface area contributed by atoms with E-state index in [4.69, 9.17) is 0 Å². The SMILES string of the molecule is CC(C)(C(=O)N1CNC(=O)C1)N1CC(O)CC1=O. The van der Waals surface area contributed by atoms with E-state index in [0.717, 1.165) is 0 Å². The number of nitrogens with zero attached hydrogens (tertiary/aromatic N) is 2. The minimum Gasteiger partial charge on any atom is -0.391 e. The van der Waals surface area contributed by atoms with Gasteiger partial charge in [-0.05, 0) is 13.8 Å². The number of likely N-dealkylation sites (tertiary alicyclic amines) is 1. The maximum Gasteiger partial charge on any atom is 0.249 e. The zero-order valence-corrected chi connectivity index (χ0v) is 10.5. The lowest BCUT2D eigenvalue weighted by atomic mass is 10.0. The first kappa shape index (κ1) is 12.8. The number of carbonyl (C=O) groups excluding carboxylic acids is 3. The third-order valence-electron chi connectivity index (χ3n) is 3.39. The van der Waals surface area contributed by atoms with Crippen LogP contribution in [0.15, 0.2) is 0 Å². The van der Waals surface area contributed by atoms with Crippen molar-refractivity contribution in [3.8, 4) is 0 Å². The summed E-state index contributed by atoms with van der Waals surface area (Å²) in [5, 5.41) is 12.0. The Labute approximate surface area is 105 Å². The second-order valence-corrected chi connectivity index (χ2v) is 5.18. The van der Waals surface area contributed by atoms with Gasteiger partial charge in [0.25, 0.3) is 0 Å². The van der Waals surface area contributed by atoms with Crippen LogP contribution >= 0.6 is 0 Å². The summed E-state index contributed by atoms with van der Waals surface area (Å²) in [4.78, 5) is 37.9. The van der Waals surface area contributed by atoms with Gasteiger partial charge in [-0.3, -0.25) is 14.4 Å². The molecule has 7 nitrogen and oxygen atoms in total. The molecule has 1 unspecified atom stereocenters. The number of hydrogen-bond acceptors (Lipinski definition) is 4. The molecular formula is C11H17N3O4. The molecule has 18 heavy (non-hydrogen) atoms.